The smallest absolute Gasteiger partial charge is 0.326 e. The Labute approximate surface area is 121 Å². The van der Waals surface area contributed by atoms with Gasteiger partial charge >= 0.3 is 5.97 Å². The van der Waals surface area contributed by atoms with Gasteiger partial charge in [-0.3, -0.25) is 9.48 Å². The van der Waals surface area contributed by atoms with E-state index in [1.807, 2.05) is 24.3 Å². The summed E-state index contributed by atoms with van der Waals surface area (Å²) >= 11 is 0. The first-order valence-electron chi connectivity index (χ1n) is 6.71. The van der Waals surface area contributed by atoms with Crippen molar-refractivity contribution in [3.63, 3.8) is 0 Å². The van der Waals surface area contributed by atoms with Gasteiger partial charge in [0.2, 0.25) is 5.91 Å². The van der Waals surface area contributed by atoms with Crippen molar-refractivity contribution in [1.82, 2.24) is 14.7 Å². The minimum atomic E-state index is -0.974. The molecule has 6 heteroatoms. The zero-order chi connectivity index (χ0) is 14.8. The molecule has 0 fully saturated rings. The molecule has 6 nitrogen and oxygen atoms in total. The lowest BCUT2D eigenvalue weighted by Gasteiger charge is -2.34. The molecular formula is C15H15N3O3. The summed E-state index contributed by atoms with van der Waals surface area (Å²) in [7, 11) is 0. The Bertz CT molecular complexity index is 667. The molecule has 0 unspecified atom stereocenters. The number of carboxylic acid groups (broad SMARTS) is 1. The van der Waals surface area contributed by atoms with Crippen LogP contribution in [0.2, 0.25) is 0 Å². The summed E-state index contributed by atoms with van der Waals surface area (Å²) in [6, 6.07) is 8.55. The SMILES string of the molecule is O=C(O)[C@@H]1Cc2ccccc2CN1C(=O)Cn1cccn1. The second-order valence-electron chi connectivity index (χ2n) is 5.05. The number of fused-ring (bicyclic) bond motifs is 1. The molecule has 0 bridgehead atoms. The third kappa shape index (κ3) is 2.65. The van der Waals surface area contributed by atoms with Gasteiger partial charge in [-0.1, -0.05) is 24.3 Å². The van der Waals surface area contributed by atoms with Crippen LogP contribution in [0.5, 0.6) is 0 Å². The maximum absolute atomic E-state index is 12.4. The van der Waals surface area contributed by atoms with Crippen molar-refractivity contribution < 1.29 is 14.7 Å². The fraction of sp³-hybridized carbons (Fsp3) is 0.267. The zero-order valence-electron chi connectivity index (χ0n) is 11.3. The van der Waals surface area contributed by atoms with E-state index in [2.05, 4.69) is 5.10 Å². The first-order chi connectivity index (χ1) is 10.1. The molecule has 0 spiro atoms. The Morgan fingerprint density at radius 3 is 2.67 bits per heavy atom. The number of carbonyl (C=O) groups is 2. The van der Waals surface area contributed by atoms with Gasteiger partial charge in [0.25, 0.3) is 0 Å². The molecule has 0 saturated heterocycles. The molecule has 1 atom stereocenters. The number of hydrogen-bond donors (Lipinski definition) is 1. The molecule has 1 amide bonds. The molecule has 1 aliphatic heterocycles. The largest absolute Gasteiger partial charge is 0.480 e. The summed E-state index contributed by atoms with van der Waals surface area (Å²) in [5.74, 6) is -1.21. The average molecular weight is 285 g/mol. The van der Waals surface area contributed by atoms with Crippen LogP contribution >= 0.6 is 0 Å². The van der Waals surface area contributed by atoms with Crippen molar-refractivity contribution in [2.75, 3.05) is 0 Å². The third-order valence-electron chi connectivity index (χ3n) is 3.71. The van der Waals surface area contributed by atoms with Gasteiger partial charge in [-0.05, 0) is 17.2 Å². The molecule has 0 radical (unpaired) electrons. The molecule has 2 heterocycles. The number of hydrogen-bond acceptors (Lipinski definition) is 3. The number of rotatable bonds is 3. The normalized spacial score (nSPS) is 17.3. The standard InChI is InChI=1S/C15H15N3O3/c19-14(10-17-7-3-6-16-17)18-9-12-5-2-1-4-11(12)8-13(18)15(20)21/h1-7,13H,8-10H2,(H,20,21)/t13-/m0/s1. The van der Waals surface area contributed by atoms with E-state index in [1.165, 1.54) is 9.58 Å². The number of benzene rings is 1. The average Bonchev–Trinajstić information content (AvgIpc) is 2.98. The van der Waals surface area contributed by atoms with Crippen molar-refractivity contribution in [1.29, 1.82) is 0 Å². The van der Waals surface area contributed by atoms with Crippen LogP contribution < -0.4 is 0 Å². The van der Waals surface area contributed by atoms with Gasteiger partial charge in [0, 0.05) is 25.4 Å². The minimum Gasteiger partial charge on any atom is -0.480 e. The van der Waals surface area contributed by atoms with Gasteiger partial charge in [0.05, 0.1) is 0 Å². The highest BCUT2D eigenvalue weighted by Crippen LogP contribution is 2.23. The Morgan fingerprint density at radius 2 is 2.00 bits per heavy atom. The van der Waals surface area contributed by atoms with Crippen LogP contribution in [-0.4, -0.2) is 37.7 Å². The topological polar surface area (TPSA) is 75.4 Å². The van der Waals surface area contributed by atoms with Gasteiger partial charge in [-0.15, -0.1) is 0 Å². The summed E-state index contributed by atoms with van der Waals surface area (Å²) < 4.78 is 1.50. The Hall–Kier alpha value is -2.63. The first-order valence-corrected chi connectivity index (χ1v) is 6.71. The van der Waals surface area contributed by atoms with E-state index >= 15 is 0 Å². The predicted octanol–water partition coefficient (Wildman–Crippen LogP) is 0.921. The van der Waals surface area contributed by atoms with E-state index in [0.717, 1.165) is 11.1 Å². The van der Waals surface area contributed by atoms with Crippen molar-refractivity contribution in [3.05, 3.63) is 53.9 Å². The summed E-state index contributed by atoms with van der Waals surface area (Å²) in [5.41, 5.74) is 2.00. The molecular weight excluding hydrogens is 270 g/mol. The quantitative estimate of drug-likeness (QED) is 0.910. The minimum absolute atomic E-state index is 0.0545. The highest BCUT2D eigenvalue weighted by atomic mass is 16.4. The van der Waals surface area contributed by atoms with Gasteiger partial charge in [0.1, 0.15) is 12.6 Å². The highest BCUT2D eigenvalue weighted by Gasteiger charge is 2.34. The van der Waals surface area contributed by atoms with Crippen LogP contribution in [0.4, 0.5) is 0 Å². The summed E-state index contributed by atoms with van der Waals surface area (Å²) in [6.45, 7) is 0.381. The first kappa shape index (κ1) is 13.4. The number of carbonyl (C=O) groups excluding carboxylic acids is 1. The lowest BCUT2D eigenvalue weighted by Crippen LogP contribution is -2.49. The van der Waals surface area contributed by atoms with E-state index in [0.29, 0.717) is 13.0 Å². The molecule has 2 aromatic rings. The van der Waals surface area contributed by atoms with E-state index in [1.54, 1.807) is 18.5 Å². The Morgan fingerprint density at radius 1 is 1.24 bits per heavy atom. The molecule has 3 rings (SSSR count). The lowest BCUT2D eigenvalue weighted by atomic mass is 9.94. The zero-order valence-corrected chi connectivity index (χ0v) is 11.3. The van der Waals surface area contributed by atoms with E-state index in [4.69, 9.17) is 0 Å². The van der Waals surface area contributed by atoms with Crippen LogP contribution in [-0.2, 0) is 29.1 Å². The molecule has 1 aromatic carbocycles. The summed E-state index contributed by atoms with van der Waals surface area (Å²) in [5, 5.41) is 13.4. The summed E-state index contributed by atoms with van der Waals surface area (Å²) in [4.78, 5) is 25.3. The van der Waals surface area contributed by atoms with Crippen LogP contribution in [0.1, 0.15) is 11.1 Å². The fourth-order valence-electron chi connectivity index (χ4n) is 2.63. The number of amides is 1. The lowest BCUT2D eigenvalue weighted by molar-refractivity contribution is -0.151. The van der Waals surface area contributed by atoms with Crippen LogP contribution in [0.15, 0.2) is 42.7 Å². The van der Waals surface area contributed by atoms with Gasteiger partial charge in [-0.25, -0.2) is 4.79 Å². The van der Waals surface area contributed by atoms with Crippen LogP contribution in [0, 0.1) is 0 Å². The van der Waals surface area contributed by atoms with E-state index in [-0.39, 0.29) is 12.5 Å². The van der Waals surface area contributed by atoms with Gasteiger partial charge in [0.15, 0.2) is 0 Å². The third-order valence-corrected chi connectivity index (χ3v) is 3.71. The predicted molar refractivity (Wildman–Crippen MR) is 74.3 cm³/mol. The second kappa shape index (κ2) is 5.40. The molecule has 108 valence electrons. The van der Waals surface area contributed by atoms with Crippen molar-refractivity contribution in [3.8, 4) is 0 Å². The molecule has 1 aromatic heterocycles. The number of aliphatic carboxylic acids is 1. The van der Waals surface area contributed by atoms with Gasteiger partial charge < -0.3 is 10.0 Å². The number of carboxylic acids is 1. The molecule has 1 aliphatic rings. The highest BCUT2D eigenvalue weighted by molar-refractivity contribution is 5.84. The van der Waals surface area contributed by atoms with Crippen molar-refractivity contribution in [2.24, 2.45) is 0 Å². The number of nitrogens with zero attached hydrogens (tertiary/aromatic N) is 3. The second-order valence-corrected chi connectivity index (χ2v) is 5.05. The Balaban J connectivity index is 1.85. The Kier molecular flexibility index (Phi) is 3.43. The van der Waals surface area contributed by atoms with E-state index in [9.17, 15) is 14.7 Å². The summed E-state index contributed by atoms with van der Waals surface area (Å²) in [6.07, 6.45) is 3.62. The molecule has 0 saturated carbocycles. The van der Waals surface area contributed by atoms with Gasteiger partial charge in [-0.2, -0.15) is 5.10 Å². The van der Waals surface area contributed by atoms with E-state index < -0.39 is 12.0 Å². The molecule has 21 heavy (non-hydrogen) atoms. The number of aromatic nitrogens is 2. The molecule has 1 N–H and O–H groups in total. The van der Waals surface area contributed by atoms with Crippen molar-refractivity contribution >= 4 is 11.9 Å². The monoisotopic (exact) mass is 285 g/mol. The molecule has 0 aliphatic carbocycles. The fourth-order valence-corrected chi connectivity index (χ4v) is 2.63. The van der Waals surface area contributed by atoms with Crippen LogP contribution in [0.25, 0.3) is 0 Å². The maximum atomic E-state index is 12.4. The van der Waals surface area contributed by atoms with Crippen molar-refractivity contribution in [2.45, 2.75) is 25.6 Å². The maximum Gasteiger partial charge on any atom is 0.326 e. The van der Waals surface area contributed by atoms with Crippen LogP contribution in [0.3, 0.4) is 0 Å².